The van der Waals surface area contributed by atoms with Gasteiger partial charge in [-0.15, -0.1) is 0 Å². The number of hydrogen-bond donors (Lipinski definition) is 1. The van der Waals surface area contributed by atoms with Gasteiger partial charge >= 0.3 is 0 Å². The lowest BCUT2D eigenvalue weighted by Gasteiger charge is -2.12. The van der Waals surface area contributed by atoms with Gasteiger partial charge in [-0.05, 0) is 45.1 Å². The van der Waals surface area contributed by atoms with E-state index in [1.54, 1.807) is 0 Å². The second kappa shape index (κ2) is 6.40. The Morgan fingerprint density at radius 3 is 2.35 bits per heavy atom. The van der Waals surface area contributed by atoms with E-state index >= 15 is 0 Å². The van der Waals surface area contributed by atoms with Crippen molar-refractivity contribution in [3.8, 4) is 0 Å². The van der Waals surface area contributed by atoms with Crippen LogP contribution in [0.1, 0.15) is 36.2 Å². The van der Waals surface area contributed by atoms with Gasteiger partial charge in [-0.3, -0.25) is 4.79 Å². The van der Waals surface area contributed by atoms with Crippen molar-refractivity contribution in [2.45, 2.75) is 32.9 Å². The van der Waals surface area contributed by atoms with E-state index in [1.165, 1.54) is 5.56 Å². The molecule has 0 bridgehead atoms. The van der Waals surface area contributed by atoms with Gasteiger partial charge in [-0.1, -0.05) is 19.1 Å². The van der Waals surface area contributed by atoms with Crippen molar-refractivity contribution in [2.75, 3.05) is 14.1 Å². The lowest BCUT2D eigenvalue weighted by molar-refractivity contribution is 0.0939. The summed E-state index contributed by atoms with van der Waals surface area (Å²) in [6.45, 7) is 4.97. The Labute approximate surface area is 104 Å². The van der Waals surface area contributed by atoms with E-state index in [2.05, 4.69) is 17.1 Å². The van der Waals surface area contributed by atoms with Crippen LogP contribution in [-0.4, -0.2) is 30.9 Å². The van der Waals surface area contributed by atoms with E-state index < -0.39 is 0 Å². The van der Waals surface area contributed by atoms with Crippen molar-refractivity contribution >= 4 is 5.91 Å². The maximum absolute atomic E-state index is 11.8. The molecule has 1 rings (SSSR count). The molecule has 1 aromatic carbocycles. The molecular formula is C14H22N2O. The minimum atomic E-state index is 0.00996. The Bertz CT molecular complexity index is 357. The Balaban J connectivity index is 2.64. The molecule has 0 heterocycles. The van der Waals surface area contributed by atoms with Crippen molar-refractivity contribution < 1.29 is 4.79 Å². The van der Waals surface area contributed by atoms with Crippen LogP contribution in [0.25, 0.3) is 0 Å². The van der Waals surface area contributed by atoms with E-state index in [9.17, 15) is 4.79 Å². The van der Waals surface area contributed by atoms with Gasteiger partial charge < -0.3 is 10.2 Å². The van der Waals surface area contributed by atoms with Crippen LogP contribution in [0.4, 0.5) is 0 Å². The van der Waals surface area contributed by atoms with Gasteiger partial charge in [0.2, 0.25) is 0 Å². The van der Waals surface area contributed by atoms with Gasteiger partial charge in [0.15, 0.2) is 0 Å². The van der Waals surface area contributed by atoms with Crippen LogP contribution in [0.5, 0.6) is 0 Å². The first kappa shape index (κ1) is 13.7. The summed E-state index contributed by atoms with van der Waals surface area (Å²) in [7, 11) is 4.06. The largest absolute Gasteiger partial charge is 0.350 e. The molecule has 0 radical (unpaired) electrons. The first-order valence-electron chi connectivity index (χ1n) is 6.07. The van der Waals surface area contributed by atoms with Crippen molar-refractivity contribution in [1.29, 1.82) is 0 Å². The second-order valence-corrected chi connectivity index (χ2v) is 4.72. The fraction of sp³-hybridized carbons (Fsp3) is 0.500. The summed E-state index contributed by atoms with van der Waals surface area (Å²) >= 11 is 0. The molecule has 1 unspecified atom stereocenters. The van der Waals surface area contributed by atoms with E-state index in [0.717, 1.165) is 18.5 Å². The summed E-state index contributed by atoms with van der Waals surface area (Å²) in [6, 6.07) is 8.01. The molecule has 3 heteroatoms. The van der Waals surface area contributed by atoms with Crippen LogP contribution in [0.2, 0.25) is 0 Å². The molecule has 1 atom stereocenters. The molecule has 0 aliphatic rings. The van der Waals surface area contributed by atoms with Gasteiger partial charge in [0.25, 0.3) is 5.91 Å². The molecule has 1 amide bonds. The minimum absolute atomic E-state index is 0.00996. The Morgan fingerprint density at radius 1 is 1.29 bits per heavy atom. The zero-order valence-electron chi connectivity index (χ0n) is 11.2. The number of carbonyl (C=O) groups is 1. The first-order valence-corrected chi connectivity index (χ1v) is 6.07. The molecule has 0 aliphatic heterocycles. The van der Waals surface area contributed by atoms with Crippen LogP contribution < -0.4 is 5.32 Å². The van der Waals surface area contributed by atoms with Gasteiger partial charge in [-0.2, -0.15) is 0 Å². The number of amides is 1. The molecule has 0 saturated carbocycles. The predicted octanol–water partition coefficient (Wildman–Crippen LogP) is 2.28. The fourth-order valence-electron chi connectivity index (χ4n) is 1.54. The number of nitrogens with zero attached hydrogens (tertiary/aromatic N) is 1. The molecule has 1 aromatic rings. The van der Waals surface area contributed by atoms with E-state index in [4.69, 9.17) is 0 Å². The highest BCUT2D eigenvalue weighted by Gasteiger charge is 2.08. The summed E-state index contributed by atoms with van der Waals surface area (Å²) in [4.78, 5) is 13.9. The topological polar surface area (TPSA) is 32.3 Å². The van der Waals surface area contributed by atoms with Crippen LogP contribution >= 0.6 is 0 Å². The zero-order valence-corrected chi connectivity index (χ0v) is 11.2. The second-order valence-electron chi connectivity index (χ2n) is 4.72. The number of hydrogen-bond acceptors (Lipinski definition) is 2. The fourth-order valence-corrected chi connectivity index (χ4v) is 1.54. The standard InChI is InChI=1S/C14H22N2O/c1-5-11(2)15-14(17)13-8-6-12(7-9-13)10-16(3)4/h6-9,11H,5,10H2,1-4H3,(H,15,17). The van der Waals surface area contributed by atoms with E-state index in [1.807, 2.05) is 45.3 Å². The molecule has 1 N–H and O–H groups in total. The van der Waals surface area contributed by atoms with Crippen molar-refractivity contribution in [2.24, 2.45) is 0 Å². The highest BCUT2D eigenvalue weighted by atomic mass is 16.1. The third-order valence-corrected chi connectivity index (χ3v) is 2.70. The SMILES string of the molecule is CCC(C)NC(=O)c1ccc(CN(C)C)cc1. The van der Waals surface area contributed by atoms with Crippen molar-refractivity contribution in [3.63, 3.8) is 0 Å². The molecule has 0 spiro atoms. The van der Waals surface area contributed by atoms with Gasteiger partial charge in [0.1, 0.15) is 0 Å². The van der Waals surface area contributed by atoms with Gasteiger partial charge in [-0.25, -0.2) is 0 Å². The first-order chi connectivity index (χ1) is 8.02. The normalized spacial score (nSPS) is 12.5. The summed E-state index contributed by atoms with van der Waals surface area (Å²) < 4.78 is 0. The smallest absolute Gasteiger partial charge is 0.251 e. The number of carbonyl (C=O) groups excluding carboxylic acids is 1. The highest BCUT2D eigenvalue weighted by Crippen LogP contribution is 2.06. The van der Waals surface area contributed by atoms with Crippen LogP contribution in [0, 0.1) is 0 Å². The predicted molar refractivity (Wildman–Crippen MR) is 71.1 cm³/mol. The summed E-state index contributed by atoms with van der Waals surface area (Å²) in [5.41, 5.74) is 1.95. The summed E-state index contributed by atoms with van der Waals surface area (Å²) in [5.74, 6) is 0.00996. The summed E-state index contributed by atoms with van der Waals surface area (Å²) in [6.07, 6.45) is 0.949. The highest BCUT2D eigenvalue weighted by molar-refractivity contribution is 5.94. The quantitative estimate of drug-likeness (QED) is 0.847. The van der Waals surface area contributed by atoms with Crippen LogP contribution in [0.3, 0.4) is 0 Å². The molecule has 0 saturated heterocycles. The van der Waals surface area contributed by atoms with Crippen LogP contribution in [0.15, 0.2) is 24.3 Å². The number of nitrogens with one attached hydrogen (secondary N) is 1. The van der Waals surface area contributed by atoms with E-state index in [0.29, 0.717) is 0 Å². The molecule has 0 fully saturated rings. The minimum Gasteiger partial charge on any atom is -0.350 e. The Hall–Kier alpha value is -1.35. The average Bonchev–Trinajstić information content (AvgIpc) is 2.28. The third kappa shape index (κ3) is 4.57. The molecule has 94 valence electrons. The van der Waals surface area contributed by atoms with Crippen molar-refractivity contribution in [1.82, 2.24) is 10.2 Å². The molecule has 0 aromatic heterocycles. The summed E-state index contributed by atoms with van der Waals surface area (Å²) in [5, 5.41) is 2.96. The zero-order chi connectivity index (χ0) is 12.8. The maximum Gasteiger partial charge on any atom is 0.251 e. The molecule has 0 aliphatic carbocycles. The lowest BCUT2D eigenvalue weighted by Crippen LogP contribution is -2.31. The maximum atomic E-state index is 11.8. The number of benzene rings is 1. The van der Waals surface area contributed by atoms with Crippen LogP contribution in [-0.2, 0) is 6.54 Å². The third-order valence-electron chi connectivity index (χ3n) is 2.70. The Kier molecular flexibility index (Phi) is 5.16. The Morgan fingerprint density at radius 2 is 1.88 bits per heavy atom. The van der Waals surface area contributed by atoms with Crippen molar-refractivity contribution in [3.05, 3.63) is 35.4 Å². The average molecular weight is 234 g/mol. The van der Waals surface area contributed by atoms with Gasteiger partial charge in [0, 0.05) is 18.2 Å². The van der Waals surface area contributed by atoms with Gasteiger partial charge in [0.05, 0.1) is 0 Å². The molecule has 3 nitrogen and oxygen atoms in total. The number of rotatable bonds is 5. The molecular weight excluding hydrogens is 212 g/mol. The molecule has 17 heavy (non-hydrogen) atoms. The van der Waals surface area contributed by atoms with E-state index in [-0.39, 0.29) is 11.9 Å². The monoisotopic (exact) mass is 234 g/mol. The lowest BCUT2D eigenvalue weighted by atomic mass is 10.1.